The van der Waals surface area contributed by atoms with Crippen molar-refractivity contribution >= 4 is 27.5 Å². The number of hydrogen-bond acceptors (Lipinski definition) is 6. The van der Waals surface area contributed by atoms with Gasteiger partial charge in [0.05, 0.1) is 24.8 Å². The van der Waals surface area contributed by atoms with E-state index in [1.807, 2.05) is 26.8 Å². The maximum Gasteiger partial charge on any atom is 0.264 e. The molecule has 0 radical (unpaired) electrons. The van der Waals surface area contributed by atoms with Gasteiger partial charge in [0.15, 0.2) is 0 Å². The molecule has 3 aromatic carbocycles. The third-order valence-corrected chi connectivity index (χ3v) is 8.30. The highest BCUT2D eigenvalue weighted by Crippen LogP contribution is 2.32. The van der Waals surface area contributed by atoms with E-state index in [0.717, 1.165) is 9.87 Å². The summed E-state index contributed by atoms with van der Waals surface area (Å²) in [7, 11) is -1.20. The summed E-state index contributed by atoms with van der Waals surface area (Å²) in [6.07, 6.45) is 0.333. The van der Waals surface area contributed by atoms with E-state index >= 15 is 0 Å². The number of nitrogens with zero attached hydrogens (tertiary/aromatic N) is 2. The highest BCUT2D eigenvalue weighted by molar-refractivity contribution is 7.92. The van der Waals surface area contributed by atoms with Crippen LogP contribution in [0.2, 0.25) is 0 Å². The van der Waals surface area contributed by atoms with Crippen LogP contribution >= 0.6 is 0 Å². The predicted molar refractivity (Wildman–Crippen MR) is 159 cm³/mol. The summed E-state index contributed by atoms with van der Waals surface area (Å²) in [5.41, 5.74) is 0.952. The van der Waals surface area contributed by atoms with Crippen molar-refractivity contribution in [1.82, 2.24) is 10.2 Å². The number of sulfonamides is 1. The van der Waals surface area contributed by atoms with E-state index < -0.39 is 28.5 Å². The van der Waals surface area contributed by atoms with E-state index in [0.29, 0.717) is 24.5 Å². The molecule has 41 heavy (non-hydrogen) atoms. The number of benzene rings is 3. The van der Waals surface area contributed by atoms with Crippen LogP contribution in [0.4, 0.5) is 5.69 Å². The second kappa shape index (κ2) is 14.5. The third-order valence-electron chi connectivity index (χ3n) is 6.52. The van der Waals surface area contributed by atoms with Crippen molar-refractivity contribution in [2.24, 2.45) is 5.92 Å². The lowest BCUT2D eigenvalue weighted by molar-refractivity contribution is -0.140. The minimum Gasteiger partial charge on any atom is -0.497 e. The summed E-state index contributed by atoms with van der Waals surface area (Å²) in [6.45, 7) is 5.78. The van der Waals surface area contributed by atoms with Crippen molar-refractivity contribution in [3.8, 4) is 11.5 Å². The number of carbonyl (C=O) groups excluding carboxylic acids is 2. The van der Waals surface area contributed by atoms with Crippen molar-refractivity contribution in [2.75, 3.05) is 31.6 Å². The van der Waals surface area contributed by atoms with Gasteiger partial charge in [0.1, 0.15) is 24.1 Å². The Bertz CT molecular complexity index is 1410. The quantitative estimate of drug-likeness (QED) is 0.301. The molecule has 0 saturated heterocycles. The zero-order valence-corrected chi connectivity index (χ0v) is 25.1. The molecule has 9 nitrogen and oxygen atoms in total. The Morgan fingerprint density at radius 2 is 1.59 bits per heavy atom. The van der Waals surface area contributed by atoms with Crippen molar-refractivity contribution in [3.05, 3.63) is 84.4 Å². The highest BCUT2D eigenvalue weighted by atomic mass is 32.2. The molecule has 0 fully saturated rings. The highest BCUT2D eigenvalue weighted by Gasteiger charge is 2.34. The SMILES string of the molecule is CCC(C(=O)NCC(C)C)N(Cc1cccc(OC)c1)C(=O)CN(c1ccccc1OC)S(=O)(=O)c1ccccc1. The average Bonchev–Trinajstić information content (AvgIpc) is 2.99. The van der Waals surface area contributed by atoms with Gasteiger partial charge in [-0.3, -0.25) is 13.9 Å². The number of rotatable bonds is 14. The number of para-hydroxylation sites is 2. The molecule has 220 valence electrons. The van der Waals surface area contributed by atoms with E-state index in [2.05, 4.69) is 5.32 Å². The minimum absolute atomic E-state index is 0.0276. The first-order valence-electron chi connectivity index (χ1n) is 13.5. The number of methoxy groups -OCH3 is 2. The van der Waals surface area contributed by atoms with Crippen LogP contribution in [0.3, 0.4) is 0 Å². The maximum atomic E-state index is 14.2. The van der Waals surface area contributed by atoms with Gasteiger partial charge in [-0.1, -0.05) is 63.2 Å². The van der Waals surface area contributed by atoms with Crippen molar-refractivity contribution < 1.29 is 27.5 Å². The number of carbonyl (C=O) groups is 2. The van der Waals surface area contributed by atoms with Gasteiger partial charge in [-0.2, -0.15) is 0 Å². The standard InChI is InChI=1S/C31H39N3O6S/c1-6-27(31(36)32-20-23(2)3)33(21-24-13-12-14-25(19-24)39-4)30(35)22-34(28-17-10-11-18-29(28)40-5)41(37,38)26-15-8-7-9-16-26/h7-19,23,27H,6,20-22H2,1-5H3,(H,32,36). The van der Waals surface area contributed by atoms with E-state index in [1.54, 1.807) is 67.8 Å². The molecule has 0 saturated carbocycles. The van der Waals surface area contributed by atoms with Crippen molar-refractivity contribution in [3.63, 3.8) is 0 Å². The predicted octanol–water partition coefficient (Wildman–Crippen LogP) is 4.48. The molecule has 0 bridgehead atoms. The number of ether oxygens (including phenoxy) is 2. The molecule has 3 rings (SSSR count). The Hall–Kier alpha value is -4.05. The molecular formula is C31H39N3O6S. The van der Waals surface area contributed by atoms with Crippen LogP contribution in [-0.2, 0) is 26.2 Å². The van der Waals surface area contributed by atoms with E-state index in [9.17, 15) is 18.0 Å². The monoisotopic (exact) mass is 581 g/mol. The van der Waals surface area contributed by atoms with Gasteiger partial charge < -0.3 is 19.7 Å². The maximum absolute atomic E-state index is 14.2. The first-order chi connectivity index (χ1) is 19.6. The molecule has 0 aromatic heterocycles. The second-order valence-electron chi connectivity index (χ2n) is 9.93. The number of hydrogen-bond donors (Lipinski definition) is 1. The Labute approximate surface area is 243 Å². The lowest BCUT2D eigenvalue weighted by Crippen LogP contribution is -2.52. The molecule has 0 aliphatic rings. The fourth-order valence-corrected chi connectivity index (χ4v) is 5.82. The fourth-order valence-electron chi connectivity index (χ4n) is 4.38. The van der Waals surface area contributed by atoms with Crippen LogP contribution in [0, 0.1) is 5.92 Å². The summed E-state index contributed by atoms with van der Waals surface area (Å²) < 4.78 is 39.8. The summed E-state index contributed by atoms with van der Waals surface area (Å²) in [4.78, 5) is 29.0. The van der Waals surface area contributed by atoms with E-state index in [1.165, 1.54) is 24.1 Å². The first-order valence-corrected chi connectivity index (χ1v) is 15.0. The van der Waals surface area contributed by atoms with Crippen molar-refractivity contribution in [1.29, 1.82) is 0 Å². The second-order valence-corrected chi connectivity index (χ2v) is 11.8. The van der Waals surface area contributed by atoms with Gasteiger partial charge in [-0.25, -0.2) is 8.42 Å². The molecule has 0 aliphatic heterocycles. The largest absolute Gasteiger partial charge is 0.497 e. The Balaban J connectivity index is 2.08. The lowest BCUT2D eigenvalue weighted by atomic mass is 10.1. The minimum atomic E-state index is -4.19. The van der Waals surface area contributed by atoms with Gasteiger partial charge >= 0.3 is 0 Å². The molecule has 1 atom stereocenters. The fraction of sp³-hybridized carbons (Fsp3) is 0.355. The van der Waals surface area contributed by atoms with Gasteiger partial charge in [0, 0.05) is 13.1 Å². The van der Waals surface area contributed by atoms with Crippen LogP contribution in [0.5, 0.6) is 11.5 Å². The molecule has 1 N–H and O–H groups in total. The zero-order chi connectivity index (χ0) is 30.0. The normalized spacial score (nSPS) is 12.0. The molecule has 3 aromatic rings. The van der Waals surface area contributed by atoms with Crippen molar-refractivity contribution in [2.45, 2.75) is 44.7 Å². The van der Waals surface area contributed by atoms with Gasteiger partial charge in [0.25, 0.3) is 10.0 Å². The number of amides is 2. The average molecular weight is 582 g/mol. The molecule has 10 heteroatoms. The third kappa shape index (κ3) is 8.00. The lowest BCUT2D eigenvalue weighted by Gasteiger charge is -2.33. The molecular weight excluding hydrogens is 542 g/mol. The van der Waals surface area contributed by atoms with Gasteiger partial charge in [0.2, 0.25) is 11.8 Å². The first kappa shape index (κ1) is 31.5. The van der Waals surface area contributed by atoms with Crippen LogP contribution in [0.15, 0.2) is 83.8 Å². The number of nitrogens with one attached hydrogen (secondary N) is 1. The van der Waals surface area contributed by atoms with Crippen LogP contribution < -0.4 is 19.1 Å². The van der Waals surface area contributed by atoms with Crippen LogP contribution in [0.25, 0.3) is 0 Å². The topological polar surface area (TPSA) is 105 Å². The summed E-state index contributed by atoms with van der Waals surface area (Å²) >= 11 is 0. The Morgan fingerprint density at radius 1 is 0.902 bits per heavy atom. The summed E-state index contributed by atoms with van der Waals surface area (Å²) in [6, 6.07) is 20.9. The molecule has 1 unspecified atom stereocenters. The molecule has 0 heterocycles. The van der Waals surface area contributed by atoms with E-state index in [4.69, 9.17) is 9.47 Å². The zero-order valence-electron chi connectivity index (χ0n) is 24.2. The van der Waals surface area contributed by atoms with Gasteiger partial charge in [-0.15, -0.1) is 0 Å². The molecule has 2 amide bonds. The van der Waals surface area contributed by atoms with Crippen LogP contribution in [-0.4, -0.2) is 58.5 Å². The molecule has 0 spiro atoms. The van der Waals surface area contributed by atoms with Crippen LogP contribution in [0.1, 0.15) is 32.8 Å². The Kier molecular flexibility index (Phi) is 11.2. The van der Waals surface area contributed by atoms with E-state index in [-0.39, 0.29) is 29.0 Å². The number of anilines is 1. The summed E-state index contributed by atoms with van der Waals surface area (Å²) in [5.74, 6) is 0.281. The Morgan fingerprint density at radius 3 is 2.22 bits per heavy atom. The summed E-state index contributed by atoms with van der Waals surface area (Å²) in [5, 5.41) is 2.93. The smallest absolute Gasteiger partial charge is 0.264 e. The van der Waals surface area contributed by atoms with Gasteiger partial charge in [-0.05, 0) is 54.3 Å². The molecule has 0 aliphatic carbocycles.